The van der Waals surface area contributed by atoms with E-state index in [1.54, 1.807) is 6.08 Å². The molecule has 4 nitrogen and oxygen atoms in total. The van der Waals surface area contributed by atoms with Crippen LogP contribution in [0.25, 0.3) is 11.8 Å². The third-order valence-corrected chi connectivity index (χ3v) is 5.59. The number of carbonyl (C=O) groups is 1. The lowest BCUT2D eigenvalue weighted by atomic mass is 9.81. The normalized spacial score (nSPS) is 21.4. The number of hydrogen-bond donors (Lipinski definition) is 2. The van der Waals surface area contributed by atoms with Crippen LogP contribution in [0.3, 0.4) is 0 Å². The standard InChI is InChI=1S/C21H25N3O/c1-4-14-7-5-8-15-13(2)22-18(21(14)15)11-17-20(25)12-16(23-17)19-9-6-10-24(19)3/h6,9-12,14,22-23H,4-5,7-8H2,1-3H3/b17-11+. The van der Waals surface area contributed by atoms with Crippen LogP contribution in [0, 0.1) is 6.92 Å². The van der Waals surface area contributed by atoms with Crippen molar-refractivity contribution in [3.05, 3.63) is 58.3 Å². The number of hydrogen-bond acceptors (Lipinski definition) is 2. The van der Waals surface area contributed by atoms with Gasteiger partial charge >= 0.3 is 0 Å². The van der Waals surface area contributed by atoms with Crippen molar-refractivity contribution in [1.29, 1.82) is 0 Å². The monoisotopic (exact) mass is 335 g/mol. The first-order valence-electron chi connectivity index (χ1n) is 9.16. The molecule has 0 bridgehead atoms. The topological polar surface area (TPSA) is 49.8 Å². The van der Waals surface area contributed by atoms with Gasteiger partial charge in [-0.3, -0.25) is 4.79 Å². The highest BCUT2D eigenvalue weighted by Gasteiger charge is 2.27. The van der Waals surface area contributed by atoms with Gasteiger partial charge in [-0.2, -0.15) is 0 Å². The first-order chi connectivity index (χ1) is 12.1. The quantitative estimate of drug-likeness (QED) is 0.832. The van der Waals surface area contributed by atoms with Crippen LogP contribution in [0.1, 0.15) is 60.3 Å². The molecule has 1 aliphatic heterocycles. The second-order valence-electron chi connectivity index (χ2n) is 7.16. The molecular formula is C21H25N3O. The van der Waals surface area contributed by atoms with Gasteiger partial charge in [0.15, 0.2) is 0 Å². The highest BCUT2D eigenvalue weighted by atomic mass is 16.1. The molecule has 25 heavy (non-hydrogen) atoms. The smallest absolute Gasteiger partial charge is 0.204 e. The van der Waals surface area contributed by atoms with Crippen LogP contribution in [0.5, 0.6) is 0 Å². The van der Waals surface area contributed by atoms with Crippen LogP contribution in [-0.4, -0.2) is 15.3 Å². The van der Waals surface area contributed by atoms with Gasteiger partial charge in [0.25, 0.3) is 0 Å². The molecule has 1 unspecified atom stereocenters. The second-order valence-corrected chi connectivity index (χ2v) is 7.16. The number of nitrogens with one attached hydrogen (secondary N) is 2. The van der Waals surface area contributed by atoms with Gasteiger partial charge in [0.1, 0.15) is 0 Å². The van der Waals surface area contributed by atoms with Crippen LogP contribution in [-0.2, 0) is 18.3 Å². The third kappa shape index (κ3) is 2.66. The Morgan fingerprint density at radius 1 is 1.40 bits per heavy atom. The average Bonchev–Trinajstić information content (AvgIpc) is 3.27. The molecule has 2 aliphatic rings. The highest BCUT2D eigenvalue weighted by Crippen LogP contribution is 2.39. The SMILES string of the molecule is CCC1CCCc2c(C)[nH]c(/C=C3/NC(c4cccn4C)=CC3=O)c21. The van der Waals surface area contributed by atoms with E-state index in [2.05, 4.69) is 24.1 Å². The van der Waals surface area contributed by atoms with E-state index < -0.39 is 0 Å². The molecule has 2 N–H and O–H groups in total. The first-order valence-corrected chi connectivity index (χ1v) is 9.16. The molecule has 0 saturated heterocycles. The van der Waals surface area contributed by atoms with Gasteiger partial charge in [0, 0.05) is 30.7 Å². The van der Waals surface area contributed by atoms with Crippen molar-refractivity contribution < 1.29 is 4.79 Å². The van der Waals surface area contributed by atoms with E-state index >= 15 is 0 Å². The van der Waals surface area contributed by atoms with Gasteiger partial charge in [-0.1, -0.05) is 6.92 Å². The van der Waals surface area contributed by atoms with Crippen molar-refractivity contribution in [3.63, 3.8) is 0 Å². The fourth-order valence-corrected chi connectivity index (χ4v) is 4.27. The van der Waals surface area contributed by atoms with Crippen molar-refractivity contribution in [2.24, 2.45) is 7.05 Å². The minimum absolute atomic E-state index is 0.0426. The number of aromatic nitrogens is 2. The fourth-order valence-electron chi connectivity index (χ4n) is 4.27. The zero-order chi connectivity index (χ0) is 17.6. The number of rotatable bonds is 3. The van der Waals surface area contributed by atoms with Crippen LogP contribution in [0.15, 0.2) is 30.1 Å². The maximum Gasteiger partial charge on any atom is 0.204 e. The Bertz CT molecular complexity index is 894. The van der Waals surface area contributed by atoms with Crippen molar-refractivity contribution in [2.75, 3.05) is 0 Å². The lowest BCUT2D eigenvalue weighted by molar-refractivity contribution is -0.111. The van der Waals surface area contributed by atoms with Gasteiger partial charge in [-0.05, 0) is 67.9 Å². The molecule has 0 aromatic carbocycles. The summed E-state index contributed by atoms with van der Waals surface area (Å²) in [5.74, 6) is 0.637. The Hall–Kier alpha value is -2.49. The number of nitrogens with zero attached hydrogens (tertiary/aromatic N) is 1. The van der Waals surface area contributed by atoms with Crippen molar-refractivity contribution in [1.82, 2.24) is 14.9 Å². The lowest BCUT2D eigenvalue weighted by Gasteiger charge is -2.22. The number of carbonyl (C=O) groups excluding carboxylic acids is 1. The number of allylic oxidation sites excluding steroid dienone is 1. The zero-order valence-electron chi connectivity index (χ0n) is 15.1. The maximum atomic E-state index is 12.5. The molecule has 1 atom stereocenters. The van der Waals surface area contributed by atoms with Gasteiger partial charge in [0.05, 0.1) is 17.1 Å². The Kier molecular flexibility index (Phi) is 3.91. The van der Waals surface area contributed by atoms with E-state index in [9.17, 15) is 4.79 Å². The minimum Gasteiger partial charge on any atom is -0.359 e. The van der Waals surface area contributed by atoms with Crippen LogP contribution >= 0.6 is 0 Å². The van der Waals surface area contributed by atoms with Crippen LogP contribution in [0.4, 0.5) is 0 Å². The lowest BCUT2D eigenvalue weighted by Crippen LogP contribution is -2.12. The van der Waals surface area contributed by atoms with Crippen molar-refractivity contribution >= 4 is 17.6 Å². The van der Waals surface area contributed by atoms with E-state index in [0.29, 0.717) is 11.6 Å². The summed E-state index contributed by atoms with van der Waals surface area (Å²) < 4.78 is 2.02. The van der Waals surface area contributed by atoms with Gasteiger partial charge in [-0.25, -0.2) is 0 Å². The zero-order valence-corrected chi connectivity index (χ0v) is 15.1. The molecule has 2 aromatic heterocycles. The summed E-state index contributed by atoms with van der Waals surface area (Å²) in [4.78, 5) is 16.0. The van der Waals surface area contributed by atoms with Crippen LogP contribution < -0.4 is 5.32 Å². The van der Waals surface area contributed by atoms with E-state index in [1.807, 2.05) is 36.0 Å². The summed E-state index contributed by atoms with van der Waals surface area (Å²) in [5.41, 5.74) is 7.80. The third-order valence-electron chi connectivity index (χ3n) is 5.59. The largest absolute Gasteiger partial charge is 0.359 e. The minimum atomic E-state index is 0.0426. The Morgan fingerprint density at radius 3 is 2.96 bits per heavy atom. The summed E-state index contributed by atoms with van der Waals surface area (Å²) in [7, 11) is 1.99. The number of fused-ring (bicyclic) bond motifs is 1. The molecular weight excluding hydrogens is 310 g/mol. The predicted octanol–water partition coefficient (Wildman–Crippen LogP) is 4.05. The van der Waals surface area contributed by atoms with Gasteiger partial charge in [-0.15, -0.1) is 0 Å². The predicted molar refractivity (Wildman–Crippen MR) is 101 cm³/mol. The molecule has 2 aromatic rings. The average molecular weight is 335 g/mol. The first kappa shape index (κ1) is 16.0. The molecule has 0 fully saturated rings. The summed E-state index contributed by atoms with van der Waals surface area (Å²) >= 11 is 0. The van der Waals surface area contributed by atoms with E-state index in [1.165, 1.54) is 29.7 Å². The summed E-state index contributed by atoms with van der Waals surface area (Å²) in [6, 6.07) is 4.00. The number of H-pyrrole nitrogens is 1. The van der Waals surface area contributed by atoms with Crippen LogP contribution in [0.2, 0.25) is 0 Å². The summed E-state index contributed by atoms with van der Waals surface area (Å²) in [6.45, 7) is 4.41. The molecule has 1 aliphatic carbocycles. The molecule has 130 valence electrons. The summed E-state index contributed by atoms with van der Waals surface area (Å²) in [6.07, 6.45) is 10.5. The van der Waals surface area contributed by atoms with Crippen molar-refractivity contribution in [3.8, 4) is 0 Å². The Morgan fingerprint density at radius 2 is 2.24 bits per heavy atom. The highest BCUT2D eigenvalue weighted by molar-refractivity contribution is 6.15. The Balaban J connectivity index is 1.69. The molecule has 4 rings (SSSR count). The van der Waals surface area contributed by atoms with E-state index in [-0.39, 0.29) is 5.78 Å². The molecule has 4 heteroatoms. The molecule has 3 heterocycles. The fraction of sp³-hybridized carbons (Fsp3) is 0.381. The maximum absolute atomic E-state index is 12.5. The Labute approximate surface area is 148 Å². The second kappa shape index (κ2) is 6.10. The number of aromatic amines is 1. The summed E-state index contributed by atoms with van der Waals surface area (Å²) in [5, 5.41) is 3.31. The van der Waals surface area contributed by atoms with E-state index in [4.69, 9.17) is 0 Å². The molecule has 0 spiro atoms. The molecule has 0 amide bonds. The van der Waals surface area contributed by atoms with Gasteiger partial charge < -0.3 is 14.9 Å². The molecule has 0 saturated carbocycles. The van der Waals surface area contributed by atoms with Crippen molar-refractivity contribution in [2.45, 2.75) is 45.4 Å². The van der Waals surface area contributed by atoms with E-state index in [0.717, 1.165) is 29.9 Å². The number of aryl methyl sites for hydroxylation is 2. The van der Waals surface area contributed by atoms with Gasteiger partial charge in [0.2, 0.25) is 5.78 Å². The number of ketones is 1. The molecule has 0 radical (unpaired) electrons.